The van der Waals surface area contributed by atoms with Crippen LogP contribution in [0.15, 0.2) is 30.6 Å². The zero-order valence-corrected chi connectivity index (χ0v) is 13.2. The number of halogens is 1. The smallest absolute Gasteiger partial charge is 0.0957 e. The minimum Gasteiger partial charge on any atom is -0.326 e. The maximum absolute atomic E-state index is 6.44. The molecule has 3 nitrogen and oxygen atoms in total. The lowest BCUT2D eigenvalue weighted by Gasteiger charge is -2.28. The Morgan fingerprint density at radius 3 is 2.81 bits per heavy atom. The first kappa shape index (κ1) is 14.6. The molecule has 0 aliphatic heterocycles. The van der Waals surface area contributed by atoms with Crippen LogP contribution in [0, 0.1) is 0 Å². The first-order chi connectivity index (χ1) is 10.2. The van der Waals surface area contributed by atoms with Gasteiger partial charge in [-0.2, -0.15) is 0 Å². The van der Waals surface area contributed by atoms with Crippen molar-refractivity contribution in [1.29, 1.82) is 0 Å². The minimum atomic E-state index is 0.0325. The summed E-state index contributed by atoms with van der Waals surface area (Å²) in [4.78, 5) is 4.61. The molecule has 2 aromatic rings. The van der Waals surface area contributed by atoms with Crippen molar-refractivity contribution in [1.82, 2.24) is 9.55 Å². The largest absolute Gasteiger partial charge is 0.326 e. The highest BCUT2D eigenvalue weighted by Crippen LogP contribution is 2.32. The van der Waals surface area contributed by atoms with Gasteiger partial charge in [-0.05, 0) is 43.7 Å². The van der Waals surface area contributed by atoms with E-state index in [1.807, 2.05) is 24.5 Å². The predicted octanol–water partition coefficient (Wildman–Crippen LogP) is 3.74. The van der Waals surface area contributed by atoms with Crippen molar-refractivity contribution < 1.29 is 0 Å². The van der Waals surface area contributed by atoms with E-state index in [1.165, 1.54) is 24.2 Å². The van der Waals surface area contributed by atoms with E-state index in [2.05, 4.69) is 22.5 Å². The number of benzene rings is 1. The summed E-state index contributed by atoms with van der Waals surface area (Å²) in [5.41, 5.74) is 10.1. The fourth-order valence-corrected chi connectivity index (χ4v) is 3.50. The molecule has 112 valence electrons. The molecule has 0 fully saturated rings. The predicted molar refractivity (Wildman–Crippen MR) is 86.7 cm³/mol. The molecule has 1 aliphatic carbocycles. The number of rotatable bonds is 4. The average Bonchev–Trinajstić information content (AvgIpc) is 2.93. The lowest BCUT2D eigenvalue weighted by Crippen LogP contribution is -2.33. The van der Waals surface area contributed by atoms with Crippen molar-refractivity contribution in [2.75, 3.05) is 0 Å². The van der Waals surface area contributed by atoms with Gasteiger partial charge in [0, 0.05) is 16.8 Å². The number of aromatic nitrogens is 2. The zero-order valence-electron chi connectivity index (χ0n) is 12.4. The van der Waals surface area contributed by atoms with Crippen LogP contribution in [-0.2, 0) is 12.8 Å². The van der Waals surface area contributed by atoms with Crippen molar-refractivity contribution in [3.05, 3.63) is 52.6 Å². The number of nitrogens with two attached hydrogens (primary N) is 1. The molecule has 0 spiro atoms. The summed E-state index contributed by atoms with van der Waals surface area (Å²) in [6.07, 6.45) is 7.50. The van der Waals surface area contributed by atoms with Crippen LogP contribution in [-0.4, -0.2) is 15.6 Å². The number of nitrogens with zero attached hydrogens (tertiary/aromatic N) is 2. The summed E-state index contributed by atoms with van der Waals surface area (Å²) >= 11 is 6.43. The van der Waals surface area contributed by atoms with Crippen molar-refractivity contribution in [3.8, 4) is 0 Å². The molecule has 0 bridgehead atoms. The number of hydrogen-bond acceptors (Lipinski definition) is 2. The van der Waals surface area contributed by atoms with Gasteiger partial charge in [0.2, 0.25) is 0 Å². The number of fused-ring (bicyclic) bond motifs is 1. The third-order valence-corrected chi connectivity index (χ3v) is 4.80. The molecule has 21 heavy (non-hydrogen) atoms. The average molecular weight is 304 g/mol. The van der Waals surface area contributed by atoms with E-state index in [4.69, 9.17) is 17.3 Å². The second-order valence-electron chi connectivity index (χ2n) is 5.79. The van der Waals surface area contributed by atoms with Gasteiger partial charge in [0.1, 0.15) is 0 Å². The summed E-state index contributed by atoms with van der Waals surface area (Å²) in [6.45, 7) is 2.12. The van der Waals surface area contributed by atoms with E-state index in [0.29, 0.717) is 0 Å². The molecular formula is C17H22ClN3. The van der Waals surface area contributed by atoms with Crippen molar-refractivity contribution in [2.45, 2.75) is 51.1 Å². The highest BCUT2D eigenvalue weighted by atomic mass is 35.5. The summed E-state index contributed by atoms with van der Waals surface area (Å²) < 4.78 is 2.27. The Bertz CT molecular complexity index is 620. The highest BCUT2D eigenvalue weighted by molar-refractivity contribution is 6.31. The van der Waals surface area contributed by atoms with Gasteiger partial charge in [0.15, 0.2) is 0 Å². The monoisotopic (exact) mass is 303 g/mol. The normalized spacial score (nSPS) is 17.3. The molecule has 0 radical (unpaired) electrons. The minimum absolute atomic E-state index is 0.0325. The maximum Gasteiger partial charge on any atom is 0.0957 e. The molecule has 2 N–H and O–H groups in total. The van der Waals surface area contributed by atoms with Gasteiger partial charge in [-0.15, -0.1) is 0 Å². The Hall–Kier alpha value is -1.32. The summed E-state index contributed by atoms with van der Waals surface area (Å²) in [5, 5.41) is 0.782. The van der Waals surface area contributed by atoms with Crippen LogP contribution in [0.3, 0.4) is 0 Å². The first-order valence-electron chi connectivity index (χ1n) is 7.77. The summed E-state index contributed by atoms with van der Waals surface area (Å²) in [6, 6.07) is 8.11. The number of imidazole rings is 1. The Labute approximate surface area is 131 Å². The van der Waals surface area contributed by atoms with Gasteiger partial charge >= 0.3 is 0 Å². The van der Waals surface area contributed by atoms with Gasteiger partial charge in [-0.3, -0.25) is 0 Å². The lowest BCUT2D eigenvalue weighted by atomic mass is 9.95. The van der Waals surface area contributed by atoms with Gasteiger partial charge < -0.3 is 10.3 Å². The molecule has 2 unspecified atom stereocenters. The molecule has 1 aromatic heterocycles. The molecule has 3 rings (SSSR count). The van der Waals surface area contributed by atoms with Crippen LogP contribution in [0.1, 0.15) is 49.2 Å². The number of aryl methyl sites for hydroxylation is 1. The Kier molecular flexibility index (Phi) is 4.32. The van der Waals surface area contributed by atoms with E-state index in [-0.39, 0.29) is 12.1 Å². The van der Waals surface area contributed by atoms with Crippen LogP contribution in [0.25, 0.3) is 0 Å². The molecule has 1 aliphatic rings. The summed E-state index contributed by atoms with van der Waals surface area (Å²) in [5.74, 6) is 0. The fraction of sp³-hybridized carbons (Fsp3) is 0.471. The van der Waals surface area contributed by atoms with Crippen molar-refractivity contribution >= 4 is 11.6 Å². The van der Waals surface area contributed by atoms with Crippen molar-refractivity contribution in [3.63, 3.8) is 0 Å². The van der Waals surface area contributed by atoms with Crippen molar-refractivity contribution in [2.24, 2.45) is 5.73 Å². The van der Waals surface area contributed by atoms with Crippen LogP contribution in [0.5, 0.6) is 0 Å². The van der Waals surface area contributed by atoms with Crippen LogP contribution in [0.4, 0.5) is 0 Å². The third-order valence-electron chi connectivity index (χ3n) is 4.46. The fourth-order valence-electron chi connectivity index (χ4n) is 3.26. The van der Waals surface area contributed by atoms with Gasteiger partial charge in [0.25, 0.3) is 0 Å². The van der Waals surface area contributed by atoms with Crippen LogP contribution in [0.2, 0.25) is 5.02 Å². The van der Waals surface area contributed by atoms with Gasteiger partial charge in [0.05, 0.1) is 18.1 Å². The SMILES string of the molecule is CCC(N)C(c1ccccc1Cl)n1cnc2c1CCCC2. The second kappa shape index (κ2) is 6.20. The van der Waals surface area contributed by atoms with Gasteiger partial charge in [-0.25, -0.2) is 4.98 Å². The van der Waals surface area contributed by atoms with E-state index in [0.717, 1.165) is 29.8 Å². The Balaban J connectivity index is 2.08. The molecule has 0 saturated carbocycles. The zero-order chi connectivity index (χ0) is 14.8. The van der Waals surface area contributed by atoms with E-state index < -0.39 is 0 Å². The molecular weight excluding hydrogens is 282 g/mol. The molecule has 1 aromatic carbocycles. The summed E-state index contributed by atoms with van der Waals surface area (Å²) in [7, 11) is 0. The van der Waals surface area contributed by atoms with E-state index in [9.17, 15) is 0 Å². The molecule has 0 saturated heterocycles. The molecule has 0 amide bonds. The quantitative estimate of drug-likeness (QED) is 0.935. The van der Waals surface area contributed by atoms with Crippen LogP contribution >= 0.6 is 11.6 Å². The third kappa shape index (κ3) is 2.72. The maximum atomic E-state index is 6.44. The Morgan fingerprint density at radius 2 is 2.05 bits per heavy atom. The lowest BCUT2D eigenvalue weighted by molar-refractivity contribution is 0.442. The van der Waals surface area contributed by atoms with Crippen LogP contribution < -0.4 is 5.73 Å². The van der Waals surface area contributed by atoms with E-state index in [1.54, 1.807) is 0 Å². The first-order valence-corrected chi connectivity index (χ1v) is 8.14. The highest BCUT2D eigenvalue weighted by Gasteiger charge is 2.27. The topological polar surface area (TPSA) is 43.8 Å². The molecule has 4 heteroatoms. The standard InChI is InChI=1S/C17H22ClN3/c1-2-14(19)17(12-7-3-4-8-13(12)18)21-11-20-15-9-5-6-10-16(15)21/h3-4,7-8,11,14,17H,2,5-6,9-10,19H2,1H3. The van der Waals surface area contributed by atoms with Gasteiger partial charge in [-0.1, -0.05) is 36.7 Å². The van der Waals surface area contributed by atoms with E-state index >= 15 is 0 Å². The Morgan fingerprint density at radius 1 is 1.29 bits per heavy atom. The number of hydrogen-bond donors (Lipinski definition) is 1. The molecule has 1 heterocycles. The second-order valence-corrected chi connectivity index (χ2v) is 6.20. The molecule has 2 atom stereocenters.